The van der Waals surface area contributed by atoms with Crippen molar-refractivity contribution in [1.82, 2.24) is 0 Å². The molecule has 0 aliphatic rings. The van der Waals surface area contributed by atoms with Crippen molar-refractivity contribution in [3.8, 4) is 0 Å². The molecule has 0 amide bonds. The van der Waals surface area contributed by atoms with E-state index in [-0.39, 0.29) is 48.4 Å². The number of rotatable bonds is 8. The molecule has 2 aromatic carbocycles. The van der Waals surface area contributed by atoms with Crippen LogP contribution in [0.25, 0.3) is 10.6 Å². The predicted molar refractivity (Wildman–Crippen MR) is 178 cm³/mol. The molecule has 0 bridgehead atoms. The van der Waals surface area contributed by atoms with Gasteiger partial charge in [-0.2, -0.15) is 0 Å². The molecule has 0 spiro atoms. The zero-order chi connectivity index (χ0) is 32.6. The number of benzene rings is 2. The molecule has 4 atom stereocenters. The van der Waals surface area contributed by atoms with Crippen LogP contribution in [0.2, 0.25) is 0 Å². The summed E-state index contributed by atoms with van der Waals surface area (Å²) in [5, 5.41) is 35.8. The first-order valence-electron chi connectivity index (χ1n) is 14.9. The first-order chi connectivity index (χ1) is 18.8. The third-order valence-electron chi connectivity index (χ3n) is 6.08. The van der Waals surface area contributed by atoms with E-state index in [1.807, 2.05) is 144 Å². The molecule has 6 nitrogen and oxygen atoms in total. The van der Waals surface area contributed by atoms with Crippen molar-refractivity contribution in [2.75, 3.05) is 0 Å². The van der Waals surface area contributed by atoms with Crippen LogP contribution in [0.5, 0.6) is 0 Å². The molecule has 0 heterocycles. The van der Waals surface area contributed by atoms with Gasteiger partial charge in [-0.25, -0.2) is 0 Å². The molecule has 2 rings (SSSR count). The molecular formula is C36H56N4O2Zr. The van der Waals surface area contributed by atoms with Crippen molar-refractivity contribution in [3.05, 3.63) is 82.4 Å². The molecule has 236 valence electrons. The molecule has 0 unspecified atom stereocenters. The van der Waals surface area contributed by atoms with Crippen LogP contribution in [-0.4, -0.2) is 46.7 Å². The van der Waals surface area contributed by atoms with Gasteiger partial charge in [-0.15, -0.1) is 34.4 Å². The summed E-state index contributed by atoms with van der Waals surface area (Å²) in [6.07, 6.45) is 3.45. The minimum absolute atomic E-state index is 0. The van der Waals surface area contributed by atoms with Crippen molar-refractivity contribution in [1.29, 1.82) is 0 Å². The molecule has 0 aromatic heterocycles. The fourth-order valence-corrected chi connectivity index (χ4v) is 3.90. The van der Waals surface area contributed by atoms with Gasteiger partial charge in [0.05, 0.1) is 11.1 Å². The van der Waals surface area contributed by atoms with E-state index in [0.717, 1.165) is 11.1 Å². The molecule has 2 aromatic rings. The molecule has 0 fully saturated rings. The molecule has 0 N–H and O–H groups in total. The Morgan fingerprint density at radius 3 is 0.977 bits per heavy atom. The van der Waals surface area contributed by atoms with Gasteiger partial charge in [-0.1, -0.05) is 127 Å². The molecule has 0 radical (unpaired) electrons. The van der Waals surface area contributed by atoms with Crippen LogP contribution in [0.4, 0.5) is 0 Å². The number of hydrogen-bond donors (Lipinski definition) is 0. The molecular weight excluding hydrogens is 612 g/mol. The van der Waals surface area contributed by atoms with Gasteiger partial charge in [0.15, 0.2) is 0 Å². The smallest absolute Gasteiger partial charge is 0.847 e. The molecule has 0 aliphatic heterocycles. The van der Waals surface area contributed by atoms with E-state index in [0.29, 0.717) is 0 Å². The summed E-state index contributed by atoms with van der Waals surface area (Å²) in [7, 11) is 0. The summed E-state index contributed by atoms with van der Waals surface area (Å²) in [5.41, 5.74) is -2.17. The summed E-state index contributed by atoms with van der Waals surface area (Å²) in [4.78, 5) is 9.03. The van der Waals surface area contributed by atoms with Crippen LogP contribution >= 0.6 is 0 Å². The van der Waals surface area contributed by atoms with Crippen LogP contribution in [0.15, 0.2) is 70.6 Å². The van der Waals surface area contributed by atoms with Crippen molar-refractivity contribution in [2.24, 2.45) is 9.98 Å². The summed E-state index contributed by atoms with van der Waals surface area (Å²) < 4.78 is 0. The van der Waals surface area contributed by atoms with E-state index in [4.69, 9.17) is 10.6 Å². The standard InChI is InChI=1S/2C18H28N2O.Zr/c2*1-16(2,3)19-13-15(20-17(4,5)6)18(7,21)14-11-9-8-10-12-14;/h2*8-13,15H,1-7H3;/q2*-2;+4/t2*15-,18+;/m00./s1. The third-order valence-corrected chi connectivity index (χ3v) is 6.08. The largest absolute Gasteiger partial charge is 4.00 e. The quantitative estimate of drug-likeness (QED) is 0.275. The Morgan fingerprint density at radius 1 is 0.512 bits per heavy atom. The minimum atomic E-state index is -1.33. The van der Waals surface area contributed by atoms with Gasteiger partial charge < -0.3 is 20.8 Å². The SMILES string of the molecule is CC(C)(C)N=C[C@H]([N-]C(C)(C)C)[C@](C)([O-])c1ccccc1.CC(C)(C)N=C[C@H]([N-]C(C)(C)C)[C@](C)([O-])c1ccccc1.[Zr+4]. The molecule has 7 heteroatoms. The second-order valence-electron chi connectivity index (χ2n) is 15.3. The Labute approximate surface area is 282 Å². The van der Waals surface area contributed by atoms with Crippen molar-refractivity contribution < 1.29 is 36.4 Å². The fraction of sp³-hybridized carbons (Fsp3) is 0.611. The zero-order valence-electron chi connectivity index (χ0n) is 29.2. The molecule has 0 saturated carbocycles. The van der Waals surface area contributed by atoms with E-state index in [9.17, 15) is 10.2 Å². The van der Waals surface area contributed by atoms with E-state index in [1.54, 1.807) is 26.3 Å². The summed E-state index contributed by atoms with van der Waals surface area (Å²) in [6, 6.07) is 17.8. The van der Waals surface area contributed by atoms with Gasteiger partial charge in [0.25, 0.3) is 0 Å². The van der Waals surface area contributed by atoms with Gasteiger partial charge in [-0.3, -0.25) is 9.98 Å². The van der Waals surface area contributed by atoms with E-state index < -0.39 is 23.3 Å². The summed E-state index contributed by atoms with van der Waals surface area (Å²) in [6.45, 7) is 27.5. The molecule has 0 aliphatic carbocycles. The van der Waals surface area contributed by atoms with Crippen LogP contribution in [-0.2, 0) is 37.4 Å². The van der Waals surface area contributed by atoms with Crippen molar-refractivity contribution in [3.63, 3.8) is 0 Å². The normalized spacial score (nSPS) is 17.3. The van der Waals surface area contributed by atoms with Crippen molar-refractivity contribution >= 4 is 12.4 Å². The average Bonchev–Trinajstić information content (AvgIpc) is 2.83. The number of hydrogen-bond acceptors (Lipinski definition) is 4. The van der Waals surface area contributed by atoms with Crippen LogP contribution in [0.1, 0.15) is 108 Å². The second-order valence-corrected chi connectivity index (χ2v) is 15.3. The Hall–Kier alpha value is -1.50. The van der Waals surface area contributed by atoms with Gasteiger partial charge >= 0.3 is 26.2 Å². The van der Waals surface area contributed by atoms with Gasteiger partial charge in [-0.05, 0) is 54.0 Å². The maximum atomic E-state index is 13.2. The van der Waals surface area contributed by atoms with E-state index in [1.165, 1.54) is 0 Å². The Morgan fingerprint density at radius 2 is 0.767 bits per heavy atom. The Kier molecular flexibility index (Phi) is 15.6. The second kappa shape index (κ2) is 16.2. The van der Waals surface area contributed by atoms with E-state index in [2.05, 4.69) is 9.98 Å². The van der Waals surface area contributed by atoms with Crippen LogP contribution in [0.3, 0.4) is 0 Å². The maximum Gasteiger partial charge on any atom is 4.00 e. The minimum Gasteiger partial charge on any atom is -0.847 e. The zero-order valence-corrected chi connectivity index (χ0v) is 31.6. The van der Waals surface area contributed by atoms with Crippen molar-refractivity contribution in [2.45, 2.75) is 142 Å². The fourth-order valence-electron chi connectivity index (χ4n) is 3.90. The predicted octanol–water partition coefficient (Wildman–Crippen LogP) is 7.34. The molecule has 43 heavy (non-hydrogen) atoms. The summed E-state index contributed by atoms with van der Waals surface area (Å²) in [5.74, 6) is 0. The van der Waals surface area contributed by atoms with Crippen LogP contribution in [0, 0.1) is 0 Å². The van der Waals surface area contributed by atoms with Crippen LogP contribution < -0.4 is 10.2 Å². The van der Waals surface area contributed by atoms with Gasteiger partial charge in [0.2, 0.25) is 0 Å². The maximum absolute atomic E-state index is 13.2. The topological polar surface area (TPSA) is 99.0 Å². The molecule has 0 saturated heterocycles. The first kappa shape index (κ1) is 41.5. The Balaban J connectivity index is 0.000000802. The first-order valence-corrected chi connectivity index (χ1v) is 14.9. The van der Waals surface area contributed by atoms with E-state index >= 15 is 0 Å². The Bertz CT molecular complexity index is 1030. The number of aliphatic imine (C=N–C) groups is 2. The number of nitrogens with zero attached hydrogens (tertiary/aromatic N) is 4. The van der Waals surface area contributed by atoms with Gasteiger partial charge in [0.1, 0.15) is 0 Å². The average molecular weight is 668 g/mol. The van der Waals surface area contributed by atoms with Gasteiger partial charge in [0, 0.05) is 0 Å². The monoisotopic (exact) mass is 666 g/mol. The third kappa shape index (κ3) is 16.4. The summed E-state index contributed by atoms with van der Waals surface area (Å²) >= 11 is 0.